The third-order valence-electron chi connectivity index (χ3n) is 6.14. The maximum Gasteiger partial charge on any atom is 0.264 e. The van der Waals surface area contributed by atoms with Crippen LogP contribution < -0.4 is 23.8 Å². The maximum atomic E-state index is 13.5. The van der Waals surface area contributed by atoms with Crippen LogP contribution in [0.2, 0.25) is 0 Å². The number of benzene rings is 3. The van der Waals surface area contributed by atoms with E-state index in [2.05, 4.69) is 0 Å². The van der Waals surface area contributed by atoms with Crippen LogP contribution in [0.4, 0.5) is 5.69 Å². The van der Waals surface area contributed by atoms with Crippen molar-refractivity contribution < 1.29 is 33.6 Å². The summed E-state index contributed by atoms with van der Waals surface area (Å²) in [6.45, 7) is 0.363. The van der Waals surface area contributed by atoms with Crippen LogP contribution in [0, 0.1) is 0 Å². The maximum absolute atomic E-state index is 13.5. The number of ether oxygens (including phenoxy) is 4. The molecule has 174 valence electrons. The summed E-state index contributed by atoms with van der Waals surface area (Å²) < 4.78 is 21.3. The molecule has 0 spiro atoms. The molecule has 1 amide bonds. The first-order valence-electron chi connectivity index (χ1n) is 10.7. The number of Topliss-reactive ketones (excluding diaryl/α,β-unsaturated/α-hetero) is 1. The first-order valence-corrected chi connectivity index (χ1v) is 10.7. The van der Waals surface area contributed by atoms with Crippen molar-refractivity contribution in [3.8, 4) is 23.0 Å². The van der Waals surface area contributed by atoms with Gasteiger partial charge in [-0.2, -0.15) is 0 Å². The van der Waals surface area contributed by atoms with Crippen molar-refractivity contribution in [2.24, 2.45) is 0 Å². The van der Waals surface area contributed by atoms with E-state index in [4.69, 9.17) is 18.9 Å². The monoisotopic (exact) mass is 461 g/mol. The lowest BCUT2D eigenvalue weighted by Crippen LogP contribution is -2.41. The highest BCUT2D eigenvalue weighted by Gasteiger charge is 2.50. The Kier molecular flexibility index (Phi) is 5.37. The zero-order valence-electron chi connectivity index (χ0n) is 18.7. The fraction of sp³-hybridized carbons (Fsp3) is 0.231. The lowest BCUT2D eigenvalue weighted by atomic mass is 9.88. The number of hydrogen-bond acceptors (Lipinski definition) is 7. The SMILES string of the molecule is COc1ccc(C(=O)C[C@]2(O)C(=O)N(Cc3ccc4c(c3)OCO4)c3ccccc32)cc1OC. The molecule has 1 N–H and O–H groups in total. The summed E-state index contributed by atoms with van der Waals surface area (Å²) in [5.41, 5.74) is 0.0905. The minimum Gasteiger partial charge on any atom is -0.493 e. The van der Waals surface area contributed by atoms with Gasteiger partial charge in [0.1, 0.15) is 0 Å². The molecule has 0 saturated carbocycles. The van der Waals surface area contributed by atoms with Gasteiger partial charge in [0.05, 0.1) is 32.9 Å². The van der Waals surface area contributed by atoms with Gasteiger partial charge < -0.3 is 29.0 Å². The molecule has 0 unspecified atom stereocenters. The molecule has 0 saturated heterocycles. The molecule has 5 rings (SSSR count). The number of carbonyl (C=O) groups excluding carboxylic acids is 2. The van der Waals surface area contributed by atoms with Crippen LogP contribution in [0.25, 0.3) is 0 Å². The summed E-state index contributed by atoms with van der Waals surface area (Å²) >= 11 is 0. The van der Waals surface area contributed by atoms with E-state index >= 15 is 0 Å². The highest BCUT2D eigenvalue weighted by molar-refractivity contribution is 6.10. The van der Waals surface area contributed by atoms with Crippen molar-refractivity contribution in [3.63, 3.8) is 0 Å². The minimum atomic E-state index is -1.99. The first kappa shape index (κ1) is 21.8. The van der Waals surface area contributed by atoms with Crippen LogP contribution in [-0.2, 0) is 16.9 Å². The van der Waals surface area contributed by atoms with Crippen LogP contribution in [0.1, 0.15) is 27.9 Å². The van der Waals surface area contributed by atoms with Crippen molar-refractivity contribution in [1.29, 1.82) is 0 Å². The number of methoxy groups -OCH3 is 2. The lowest BCUT2D eigenvalue weighted by Gasteiger charge is -2.23. The van der Waals surface area contributed by atoms with Crippen molar-refractivity contribution in [2.45, 2.75) is 18.6 Å². The minimum absolute atomic E-state index is 0.155. The van der Waals surface area contributed by atoms with Crippen molar-refractivity contribution >= 4 is 17.4 Å². The number of fused-ring (bicyclic) bond motifs is 2. The number of anilines is 1. The molecule has 1 atom stereocenters. The van der Waals surface area contributed by atoms with Gasteiger partial charge in [0.2, 0.25) is 6.79 Å². The van der Waals surface area contributed by atoms with Gasteiger partial charge in [-0.25, -0.2) is 0 Å². The van der Waals surface area contributed by atoms with Crippen LogP contribution in [-0.4, -0.2) is 37.8 Å². The molecule has 0 bridgehead atoms. The average Bonchev–Trinajstić information content (AvgIpc) is 3.41. The lowest BCUT2D eigenvalue weighted by molar-refractivity contribution is -0.136. The van der Waals surface area contributed by atoms with Gasteiger partial charge in [0.25, 0.3) is 5.91 Å². The molecule has 0 fully saturated rings. The summed E-state index contributed by atoms with van der Waals surface area (Å²) in [6.07, 6.45) is -0.407. The predicted molar refractivity (Wildman–Crippen MR) is 123 cm³/mol. The molecule has 0 aliphatic carbocycles. The van der Waals surface area contributed by atoms with Crippen LogP contribution in [0.3, 0.4) is 0 Å². The van der Waals surface area contributed by atoms with Crippen molar-refractivity contribution in [3.05, 3.63) is 77.4 Å². The third-order valence-corrected chi connectivity index (χ3v) is 6.14. The standard InChI is InChI=1S/C26H23NO7/c1-31-21-10-8-17(12-23(21)32-2)20(28)13-26(30)18-5-3-4-6-19(18)27(25(26)29)14-16-7-9-22-24(11-16)34-15-33-22/h3-12,30H,13-15H2,1-2H3/t26-/m1/s1. The van der Waals surface area contributed by atoms with Crippen LogP contribution in [0.5, 0.6) is 23.0 Å². The summed E-state index contributed by atoms with van der Waals surface area (Å²) in [5, 5.41) is 11.6. The van der Waals surface area contributed by atoms with Gasteiger partial charge in [-0.3, -0.25) is 9.59 Å². The Labute approximate surface area is 196 Å². The zero-order valence-corrected chi connectivity index (χ0v) is 18.7. The second-order valence-corrected chi connectivity index (χ2v) is 8.13. The molecule has 8 nitrogen and oxygen atoms in total. The smallest absolute Gasteiger partial charge is 0.264 e. The quantitative estimate of drug-likeness (QED) is 0.539. The van der Waals surface area contributed by atoms with E-state index in [1.807, 2.05) is 12.1 Å². The number of para-hydroxylation sites is 1. The largest absolute Gasteiger partial charge is 0.493 e. The van der Waals surface area contributed by atoms with Gasteiger partial charge in [0, 0.05) is 11.1 Å². The molecule has 2 heterocycles. The Morgan fingerprint density at radius 2 is 1.76 bits per heavy atom. The molecule has 0 aromatic heterocycles. The summed E-state index contributed by atoms with van der Waals surface area (Å²) in [7, 11) is 2.98. The highest BCUT2D eigenvalue weighted by atomic mass is 16.7. The Morgan fingerprint density at radius 3 is 2.56 bits per heavy atom. The normalized spacial score (nSPS) is 18.1. The molecule has 8 heteroatoms. The number of rotatable bonds is 7. The molecular formula is C26H23NO7. The molecule has 34 heavy (non-hydrogen) atoms. The van der Waals surface area contributed by atoms with Gasteiger partial charge >= 0.3 is 0 Å². The number of carbonyl (C=O) groups is 2. The Hall–Kier alpha value is -4.04. The van der Waals surface area contributed by atoms with E-state index in [0.29, 0.717) is 39.8 Å². The first-order chi connectivity index (χ1) is 16.4. The Morgan fingerprint density at radius 1 is 1.00 bits per heavy atom. The molecule has 3 aromatic carbocycles. The van der Waals surface area contributed by atoms with E-state index in [1.165, 1.54) is 19.1 Å². The van der Waals surface area contributed by atoms with E-state index in [0.717, 1.165) is 5.56 Å². The van der Waals surface area contributed by atoms with Crippen LogP contribution in [0.15, 0.2) is 60.7 Å². The van der Waals surface area contributed by atoms with Gasteiger partial charge in [-0.15, -0.1) is 0 Å². The van der Waals surface area contributed by atoms with Crippen molar-refractivity contribution in [2.75, 3.05) is 25.9 Å². The number of ketones is 1. The average molecular weight is 461 g/mol. The van der Waals surface area contributed by atoms with Gasteiger partial charge in [0.15, 0.2) is 34.4 Å². The second kappa shape index (κ2) is 8.39. The molecular weight excluding hydrogens is 438 g/mol. The number of aliphatic hydroxyl groups is 1. The molecule has 2 aliphatic rings. The van der Waals surface area contributed by atoms with E-state index in [9.17, 15) is 14.7 Å². The van der Waals surface area contributed by atoms with Gasteiger partial charge in [-0.1, -0.05) is 24.3 Å². The summed E-state index contributed by atoms with van der Waals surface area (Å²) in [6, 6.07) is 17.2. The van der Waals surface area contributed by atoms with E-state index in [-0.39, 0.29) is 13.3 Å². The number of nitrogens with zero attached hydrogens (tertiary/aromatic N) is 1. The third kappa shape index (κ3) is 3.52. The van der Waals surface area contributed by atoms with E-state index in [1.54, 1.807) is 48.5 Å². The number of hydrogen-bond donors (Lipinski definition) is 1. The molecule has 3 aromatic rings. The predicted octanol–water partition coefficient (Wildman–Crippen LogP) is 3.44. The molecule has 0 radical (unpaired) electrons. The number of amides is 1. The van der Waals surface area contributed by atoms with E-state index < -0.39 is 23.7 Å². The van der Waals surface area contributed by atoms with Crippen LogP contribution >= 0.6 is 0 Å². The summed E-state index contributed by atoms with van der Waals surface area (Å²) in [5.74, 6) is 1.18. The second-order valence-electron chi connectivity index (χ2n) is 8.13. The fourth-order valence-electron chi connectivity index (χ4n) is 4.40. The van der Waals surface area contributed by atoms with Gasteiger partial charge in [-0.05, 0) is 42.0 Å². The Bertz CT molecular complexity index is 1290. The highest BCUT2D eigenvalue weighted by Crippen LogP contribution is 2.44. The van der Waals surface area contributed by atoms with Crippen molar-refractivity contribution in [1.82, 2.24) is 0 Å². The fourth-order valence-corrected chi connectivity index (χ4v) is 4.40. The summed E-state index contributed by atoms with van der Waals surface area (Å²) in [4.78, 5) is 28.2. The topological polar surface area (TPSA) is 94.5 Å². The Balaban J connectivity index is 1.45. The zero-order chi connectivity index (χ0) is 23.9. The molecule has 2 aliphatic heterocycles.